The van der Waals surface area contributed by atoms with Crippen molar-refractivity contribution in [3.63, 3.8) is 0 Å². The third-order valence-corrected chi connectivity index (χ3v) is 3.05. The van der Waals surface area contributed by atoms with Gasteiger partial charge in [0.05, 0.1) is 6.61 Å². The molecule has 0 aliphatic carbocycles. The molecule has 1 nitrogen and oxygen atoms in total. The van der Waals surface area contributed by atoms with E-state index in [4.69, 9.17) is 5.11 Å². The number of benzene rings is 2. The minimum Gasteiger partial charge on any atom is -0.392 e. The lowest BCUT2D eigenvalue weighted by Gasteiger charge is -2.07. The third kappa shape index (κ3) is 2.75. The van der Waals surface area contributed by atoms with E-state index in [2.05, 4.69) is 50.2 Å². The summed E-state index contributed by atoms with van der Waals surface area (Å²) >= 11 is 0. The lowest BCUT2D eigenvalue weighted by molar-refractivity contribution is 0.282. The van der Waals surface area contributed by atoms with Crippen LogP contribution in [0.2, 0.25) is 0 Å². The van der Waals surface area contributed by atoms with Crippen molar-refractivity contribution in [2.45, 2.75) is 26.4 Å². The van der Waals surface area contributed by atoms with Gasteiger partial charge in [0, 0.05) is 0 Å². The maximum Gasteiger partial charge on any atom is 0.0681 e. The van der Waals surface area contributed by atoms with E-state index in [-0.39, 0.29) is 6.61 Å². The molecule has 88 valence electrons. The van der Waals surface area contributed by atoms with Gasteiger partial charge < -0.3 is 5.11 Å². The number of hydrogen-bond acceptors (Lipinski definition) is 1. The summed E-state index contributed by atoms with van der Waals surface area (Å²) in [7, 11) is 0. The van der Waals surface area contributed by atoms with E-state index >= 15 is 0 Å². The van der Waals surface area contributed by atoms with E-state index in [9.17, 15) is 0 Å². The van der Waals surface area contributed by atoms with Crippen LogP contribution in [-0.2, 0) is 6.61 Å². The van der Waals surface area contributed by atoms with Crippen LogP contribution in [0.4, 0.5) is 0 Å². The summed E-state index contributed by atoms with van der Waals surface area (Å²) in [5.41, 5.74) is 4.73. The molecule has 0 fully saturated rings. The highest BCUT2D eigenvalue weighted by Gasteiger charge is 2.01. The average molecular weight is 226 g/mol. The van der Waals surface area contributed by atoms with E-state index < -0.39 is 0 Å². The molecular weight excluding hydrogens is 208 g/mol. The highest BCUT2D eigenvalue weighted by molar-refractivity contribution is 5.64. The topological polar surface area (TPSA) is 20.2 Å². The van der Waals surface area contributed by atoms with Crippen molar-refractivity contribution in [3.8, 4) is 11.1 Å². The molecule has 0 aromatic heterocycles. The van der Waals surface area contributed by atoms with Gasteiger partial charge in [-0.15, -0.1) is 0 Å². The van der Waals surface area contributed by atoms with Crippen LogP contribution in [-0.4, -0.2) is 5.11 Å². The summed E-state index contributed by atoms with van der Waals surface area (Å²) in [6.45, 7) is 4.50. The molecule has 0 aliphatic heterocycles. The van der Waals surface area contributed by atoms with Crippen molar-refractivity contribution in [1.82, 2.24) is 0 Å². The van der Waals surface area contributed by atoms with Gasteiger partial charge in [0.15, 0.2) is 0 Å². The average Bonchev–Trinajstić information content (AvgIpc) is 2.39. The first kappa shape index (κ1) is 11.9. The number of hydrogen-bond donors (Lipinski definition) is 1. The summed E-state index contributed by atoms with van der Waals surface area (Å²) in [5, 5.41) is 9.00. The Morgan fingerprint density at radius 2 is 1.29 bits per heavy atom. The van der Waals surface area contributed by atoms with Gasteiger partial charge in [-0.05, 0) is 28.2 Å². The smallest absolute Gasteiger partial charge is 0.0681 e. The Kier molecular flexibility index (Phi) is 3.60. The first-order chi connectivity index (χ1) is 8.20. The minimum absolute atomic E-state index is 0.104. The molecule has 2 aromatic rings. The maximum atomic E-state index is 9.00. The second kappa shape index (κ2) is 5.15. The van der Waals surface area contributed by atoms with Gasteiger partial charge >= 0.3 is 0 Å². The zero-order valence-corrected chi connectivity index (χ0v) is 10.4. The zero-order valence-electron chi connectivity index (χ0n) is 10.4. The Labute approximate surface area is 103 Å². The van der Waals surface area contributed by atoms with Crippen LogP contribution >= 0.6 is 0 Å². The fourth-order valence-electron chi connectivity index (χ4n) is 1.86. The molecule has 0 saturated heterocycles. The Hall–Kier alpha value is -1.60. The molecule has 2 aromatic carbocycles. The van der Waals surface area contributed by atoms with Crippen molar-refractivity contribution in [2.75, 3.05) is 0 Å². The predicted octanol–water partition coefficient (Wildman–Crippen LogP) is 3.97. The van der Waals surface area contributed by atoms with E-state index in [1.807, 2.05) is 12.1 Å². The van der Waals surface area contributed by atoms with Gasteiger partial charge in [-0.1, -0.05) is 62.4 Å². The lowest BCUT2D eigenvalue weighted by Crippen LogP contribution is -1.87. The first-order valence-corrected chi connectivity index (χ1v) is 6.01. The molecule has 0 radical (unpaired) electrons. The highest BCUT2D eigenvalue weighted by atomic mass is 16.3. The van der Waals surface area contributed by atoms with Crippen LogP contribution in [0.5, 0.6) is 0 Å². The van der Waals surface area contributed by atoms with E-state index in [0.29, 0.717) is 5.92 Å². The molecule has 0 bridgehead atoms. The second-order valence-electron chi connectivity index (χ2n) is 4.63. The standard InChI is InChI=1S/C16H18O/c1-12(2)14-7-9-16(10-8-14)15-5-3-13(11-17)4-6-15/h3-10,12,17H,11H2,1-2H3. The number of aliphatic hydroxyl groups is 1. The fourth-order valence-corrected chi connectivity index (χ4v) is 1.86. The van der Waals surface area contributed by atoms with Gasteiger partial charge in [0.1, 0.15) is 0 Å². The largest absolute Gasteiger partial charge is 0.392 e. The summed E-state index contributed by atoms with van der Waals surface area (Å²) < 4.78 is 0. The van der Waals surface area contributed by atoms with Crippen LogP contribution in [0.15, 0.2) is 48.5 Å². The Balaban J connectivity index is 2.26. The molecular formula is C16H18O. The number of aliphatic hydroxyl groups excluding tert-OH is 1. The van der Waals surface area contributed by atoms with Crippen LogP contribution in [0.1, 0.15) is 30.9 Å². The van der Waals surface area contributed by atoms with Gasteiger partial charge in [-0.3, -0.25) is 0 Å². The molecule has 17 heavy (non-hydrogen) atoms. The van der Waals surface area contributed by atoms with E-state index in [1.54, 1.807) is 0 Å². The van der Waals surface area contributed by atoms with Gasteiger partial charge in [0.25, 0.3) is 0 Å². The molecule has 1 N–H and O–H groups in total. The molecule has 0 unspecified atom stereocenters. The van der Waals surface area contributed by atoms with Crippen molar-refractivity contribution >= 4 is 0 Å². The Bertz CT molecular complexity index is 466. The predicted molar refractivity (Wildman–Crippen MR) is 71.9 cm³/mol. The molecule has 0 atom stereocenters. The first-order valence-electron chi connectivity index (χ1n) is 6.01. The van der Waals surface area contributed by atoms with Crippen molar-refractivity contribution < 1.29 is 5.11 Å². The van der Waals surface area contributed by atoms with Gasteiger partial charge in [-0.2, -0.15) is 0 Å². The third-order valence-electron chi connectivity index (χ3n) is 3.05. The van der Waals surface area contributed by atoms with Crippen molar-refractivity contribution in [2.24, 2.45) is 0 Å². The normalized spacial score (nSPS) is 10.8. The summed E-state index contributed by atoms with van der Waals surface area (Å²) in [6.07, 6.45) is 0. The second-order valence-corrected chi connectivity index (χ2v) is 4.63. The molecule has 0 heterocycles. The monoisotopic (exact) mass is 226 g/mol. The van der Waals surface area contributed by atoms with Crippen molar-refractivity contribution in [1.29, 1.82) is 0 Å². The van der Waals surface area contributed by atoms with Gasteiger partial charge in [-0.25, -0.2) is 0 Å². The maximum absolute atomic E-state index is 9.00. The van der Waals surface area contributed by atoms with Crippen LogP contribution in [0, 0.1) is 0 Å². The fraction of sp³-hybridized carbons (Fsp3) is 0.250. The van der Waals surface area contributed by atoms with Crippen LogP contribution in [0.3, 0.4) is 0 Å². The molecule has 0 amide bonds. The minimum atomic E-state index is 0.104. The van der Waals surface area contributed by atoms with Gasteiger partial charge in [0.2, 0.25) is 0 Å². The molecule has 2 rings (SSSR count). The molecule has 1 heteroatoms. The van der Waals surface area contributed by atoms with Crippen LogP contribution < -0.4 is 0 Å². The summed E-state index contributed by atoms with van der Waals surface area (Å²) in [4.78, 5) is 0. The van der Waals surface area contributed by atoms with E-state index in [0.717, 1.165) is 5.56 Å². The van der Waals surface area contributed by atoms with Crippen molar-refractivity contribution in [3.05, 3.63) is 59.7 Å². The highest BCUT2D eigenvalue weighted by Crippen LogP contribution is 2.22. The Morgan fingerprint density at radius 1 is 0.824 bits per heavy atom. The quantitative estimate of drug-likeness (QED) is 0.839. The lowest BCUT2D eigenvalue weighted by atomic mass is 9.98. The number of rotatable bonds is 3. The SMILES string of the molecule is CC(C)c1ccc(-c2ccc(CO)cc2)cc1. The molecule has 0 aliphatic rings. The molecule has 0 saturated carbocycles. The zero-order chi connectivity index (χ0) is 12.3. The Morgan fingerprint density at radius 3 is 1.71 bits per heavy atom. The van der Waals surface area contributed by atoms with Crippen LogP contribution in [0.25, 0.3) is 11.1 Å². The van der Waals surface area contributed by atoms with E-state index in [1.165, 1.54) is 16.7 Å². The molecule has 0 spiro atoms. The summed E-state index contributed by atoms with van der Waals surface area (Å²) in [6, 6.07) is 16.7. The summed E-state index contributed by atoms with van der Waals surface area (Å²) in [5.74, 6) is 0.570.